The maximum atomic E-state index is 13.4. The van der Waals surface area contributed by atoms with Gasteiger partial charge in [0.15, 0.2) is 0 Å². The van der Waals surface area contributed by atoms with Gasteiger partial charge in [0.1, 0.15) is 11.6 Å². The van der Waals surface area contributed by atoms with Gasteiger partial charge in [0.25, 0.3) is 0 Å². The van der Waals surface area contributed by atoms with Crippen LogP contribution in [0.5, 0.6) is 0 Å². The molecule has 0 heterocycles. The molecule has 1 aromatic rings. The van der Waals surface area contributed by atoms with Gasteiger partial charge >= 0.3 is 0 Å². The number of hydrogen-bond donors (Lipinski definition) is 1. The summed E-state index contributed by atoms with van der Waals surface area (Å²) in [6, 6.07) is 4.24. The number of rotatable bonds is 3. The zero-order valence-electron chi connectivity index (χ0n) is 10.2. The molecule has 1 N–H and O–H groups in total. The standard InChI is InChI=1S/C14H19F2N/c1-10-4-2-3-5-14(10)17-9-11-6-7-12(15)8-13(11)16/h6-8,10,14,17H,2-5,9H2,1H3. The molecule has 0 saturated heterocycles. The first-order chi connectivity index (χ1) is 8.16. The minimum absolute atomic E-state index is 0.457. The first-order valence-corrected chi connectivity index (χ1v) is 6.34. The summed E-state index contributed by atoms with van der Waals surface area (Å²) in [6.45, 7) is 2.72. The highest BCUT2D eigenvalue weighted by atomic mass is 19.1. The molecule has 1 nitrogen and oxygen atoms in total. The van der Waals surface area contributed by atoms with Crippen molar-refractivity contribution < 1.29 is 8.78 Å². The van der Waals surface area contributed by atoms with Crippen LogP contribution >= 0.6 is 0 Å². The van der Waals surface area contributed by atoms with Gasteiger partial charge in [-0.15, -0.1) is 0 Å². The van der Waals surface area contributed by atoms with Crippen LogP contribution in [0.2, 0.25) is 0 Å². The molecule has 17 heavy (non-hydrogen) atoms. The Balaban J connectivity index is 1.92. The second-order valence-electron chi connectivity index (χ2n) is 4.98. The van der Waals surface area contributed by atoms with E-state index >= 15 is 0 Å². The molecular formula is C14H19F2N. The molecular weight excluding hydrogens is 220 g/mol. The highest BCUT2D eigenvalue weighted by molar-refractivity contribution is 5.18. The van der Waals surface area contributed by atoms with Crippen molar-refractivity contribution in [3.63, 3.8) is 0 Å². The number of hydrogen-bond acceptors (Lipinski definition) is 1. The Hall–Kier alpha value is -0.960. The summed E-state index contributed by atoms with van der Waals surface area (Å²) in [4.78, 5) is 0. The van der Waals surface area contributed by atoms with Crippen molar-refractivity contribution in [2.75, 3.05) is 0 Å². The molecule has 0 amide bonds. The first kappa shape index (κ1) is 12.5. The van der Waals surface area contributed by atoms with E-state index in [1.807, 2.05) is 0 Å². The van der Waals surface area contributed by atoms with Crippen LogP contribution in [0.1, 0.15) is 38.2 Å². The lowest BCUT2D eigenvalue weighted by atomic mass is 9.86. The molecule has 2 unspecified atom stereocenters. The maximum absolute atomic E-state index is 13.4. The fourth-order valence-corrected chi connectivity index (χ4v) is 2.53. The van der Waals surface area contributed by atoms with Crippen molar-refractivity contribution in [3.8, 4) is 0 Å². The van der Waals surface area contributed by atoms with Crippen molar-refractivity contribution in [3.05, 3.63) is 35.4 Å². The Bertz CT molecular complexity index is 378. The van der Waals surface area contributed by atoms with Crippen molar-refractivity contribution >= 4 is 0 Å². The molecule has 0 aliphatic heterocycles. The van der Waals surface area contributed by atoms with E-state index in [9.17, 15) is 8.78 Å². The molecule has 1 saturated carbocycles. The molecule has 1 aliphatic carbocycles. The molecule has 1 aliphatic rings. The minimum atomic E-state index is -0.516. The molecule has 3 heteroatoms. The van der Waals surface area contributed by atoms with E-state index in [1.54, 1.807) is 0 Å². The molecule has 1 aromatic carbocycles. The molecule has 2 rings (SSSR count). The molecule has 0 bridgehead atoms. The second kappa shape index (κ2) is 5.58. The topological polar surface area (TPSA) is 12.0 Å². The molecule has 2 atom stereocenters. The SMILES string of the molecule is CC1CCCCC1NCc1ccc(F)cc1F. The summed E-state index contributed by atoms with van der Waals surface area (Å²) < 4.78 is 26.2. The largest absolute Gasteiger partial charge is 0.310 e. The van der Waals surface area contributed by atoms with Crippen LogP contribution in [0, 0.1) is 17.6 Å². The summed E-state index contributed by atoms with van der Waals surface area (Å²) in [5.41, 5.74) is 0.546. The monoisotopic (exact) mass is 239 g/mol. The average Bonchev–Trinajstić information content (AvgIpc) is 2.30. The predicted octanol–water partition coefficient (Wildman–Crippen LogP) is 3.63. The molecule has 0 aromatic heterocycles. The summed E-state index contributed by atoms with van der Waals surface area (Å²) in [6.07, 6.45) is 4.94. The van der Waals surface area contributed by atoms with Crippen LogP contribution in [0.15, 0.2) is 18.2 Å². The van der Waals surface area contributed by atoms with Crippen molar-refractivity contribution in [2.24, 2.45) is 5.92 Å². The van der Waals surface area contributed by atoms with Gasteiger partial charge in [-0.3, -0.25) is 0 Å². The number of halogens is 2. The Morgan fingerprint density at radius 1 is 1.24 bits per heavy atom. The van der Waals surface area contributed by atoms with Gasteiger partial charge < -0.3 is 5.32 Å². The molecule has 0 radical (unpaired) electrons. The van der Waals surface area contributed by atoms with E-state index in [0.717, 1.165) is 12.5 Å². The summed E-state index contributed by atoms with van der Waals surface area (Å²) in [7, 11) is 0. The van der Waals surface area contributed by atoms with E-state index < -0.39 is 11.6 Å². The Labute approximate surface area is 101 Å². The number of nitrogens with one attached hydrogen (secondary N) is 1. The predicted molar refractivity (Wildman–Crippen MR) is 64.6 cm³/mol. The zero-order valence-corrected chi connectivity index (χ0v) is 10.2. The van der Waals surface area contributed by atoms with Crippen LogP contribution in [0.25, 0.3) is 0 Å². The third-order valence-corrected chi connectivity index (χ3v) is 3.68. The van der Waals surface area contributed by atoms with E-state index in [1.165, 1.54) is 31.4 Å². The van der Waals surface area contributed by atoms with Crippen LogP contribution in [-0.2, 0) is 6.54 Å². The summed E-state index contributed by atoms with van der Waals surface area (Å²) in [5.74, 6) is -0.328. The van der Waals surface area contributed by atoms with E-state index in [4.69, 9.17) is 0 Å². The second-order valence-corrected chi connectivity index (χ2v) is 4.98. The lowest BCUT2D eigenvalue weighted by Gasteiger charge is -2.29. The maximum Gasteiger partial charge on any atom is 0.130 e. The Kier molecular flexibility index (Phi) is 4.11. The van der Waals surface area contributed by atoms with Crippen LogP contribution < -0.4 is 5.32 Å². The van der Waals surface area contributed by atoms with Gasteiger partial charge in [-0.05, 0) is 24.8 Å². The highest BCUT2D eigenvalue weighted by Gasteiger charge is 2.20. The van der Waals surface area contributed by atoms with Gasteiger partial charge in [-0.25, -0.2) is 8.78 Å². The van der Waals surface area contributed by atoms with Gasteiger partial charge in [-0.2, -0.15) is 0 Å². The van der Waals surface area contributed by atoms with Crippen LogP contribution in [0.4, 0.5) is 8.78 Å². The van der Waals surface area contributed by atoms with E-state index in [0.29, 0.717) is 24.1 Å². The van der Waals surface area contributed by atoms with Gasteiger partial charge in [-0.1, -0.05) is 25.8 Å². The van der Waals surface area contributed by atoms with Crippen LogP contribution in [0.3, 0.4) is 0 Å². The Morgan fingerprint density at radius 3 is 2.71 bits per heavy atom. The fraction of sp³-hybridized carbons (Fsp3) is 0.571. The lowest BCUT2D eigenvalue weighted by molar-refractivity contribution is 0.278. The summed E-state index contributed by atoms with van der Waals surface area (Å²) in [5, 5.41) is 3.39. The number of benzene rings is 1. The van der Waals surface area contributed by atoms with Crippen LogP contribution in [-0.4, -0.2) is 6.04 Å². The summed E-state index contributed by atoms with van der Waals surface area (Å²) >= 11 is 0. The third-order valence-electron chi connectivity index (χ3n) is 3.68. The van der Waals surface area contributed by atoms with E-state index in [-0.39, 0.29) is 0 Å². The van der Waals surface area contributed by atoms with Crippen molar-refractivity contribution in [1.29, 1.82) is 0 Å². The van der Waals surface area contributed by atoms with Gasteiger partial charge in [0.05, 0.1) is 0 Å². The van der Waals surface area contributed by atoms with Gasteiger partial charge in [0.2, 0.25) is 0 Å². The Morgan fingerprint density at radius 2 is 2.00 bits per heavy atom. The lowest BCUT2D eigenvalue weighted by Crippen LogP contribution is -2.36. The quantitative estimate of drug-likeness (QED) is 0.849. The molecule has 0 spiro atoms. The molecule has 1 fully saturated rings. The molecule has 94 valence electrons. The normalized spacial score (nSPS) is 24.9. The zero-order chi connectivity index (χ0) is 12.3. The minimum Gasteiger partial charge on any atom is -0.310 e. The van der Waals surface area contributed by atoms with Gasteiger partial charge in [0, 0.05) is 24.2 Å². The van der Waals surface area contributed by atoms with Crippen molar-refractivity contribution in [1.82, 2.24) is 5.32 Å². The first-order valence-electron chi connectivity index (χ1n) is 6.34. The smallest absolute Gasteiger partial charge is 0.130 e. The fourth-order valence-electron chi connectivity index (χ4n) is 2.53. The average molecular weight is 239 g/mol. The van der Waals surface area contributed by atoms with Crippen molar-refractivity contribution in [2.45, 2.75) is 45.2 Å². The third kappa shape index (κ3) is 3.25. The van der Waals surface area contributed by atoms with E-state index in [2.05, 4.69) is 12.2 Å². The highest BCUT2D eigenvalue weighted by Crippen LogP contribution is 2.24.